The molecule has 1 amide bonds. The van der Waals surface area contributed by atoms with Crippen molar-refractivity contribution in [3.63, 3.8) is 0 Å². The molecule has 1 heterocycles. The number of aromatic nitrogens is 2. The lowest BCUT2D eigenvalue weighted by atomic mass is 10.3. The van der Waals surface area contributed by atoms with Crippen LogP contribution in [-0.4, -0.2) is 29.5 Å². The van der Waals surface area contributed by atoms with Crippen LogP contribution in [0.4, 0.5) is 11.6 Å². The summed E-state index contributed by atoms with van der Waals surface area (Å²) in [4.78, 5) is 18.9. The van der Waals surface area contributed by atoms with E-state index in [9.17, 15) is 4.79 Å². The molecule has 0 bridgehead atoms. The number of hydrogen-bond acceptors (Lipinski definition) is 6. The number of nitrogens with two attached hydrogens (primary N) is 1. The van der Waals surface area contributed by atoms with Gasteiger partial charge in [-0.05, 0) is 6.92 Å². The Morgan fingerprint density at radius 2 is 2.13 bits per heavy atom. The van der Waals surface area contributed by atoms with Gasteiger partial charge < -0.3 is 16.1 Å². The Morgan fingerprint density at radius 1 is 1.47 bits per heavy atom. The van der Waals surface area contributed by atoms with Crippen LogP contribution < -0.4 is 21.9 Å². The first-order valence-corrected chi connectivity index (χ1v) is 4.41. The summed E-state index contributed by atoms with van der Waals surface area (Å²) in [5, 5.41) is 5.38. The van der Waals surface area contributed by atoms with Crippen molar-refractivity contribution >= 4 is 17.5 Å². The van der Waals surface area contributed by atoms with E-state index in [-0.39, 0.29) is 12.5 Å². The highest BCUT2D eigenvalue weighted by atomic mass is 16.1. The summed E-state index contributed by atoms with van der Waals surface area (Å²) in [5.41, 5.74) is 3.21. The molecule has 1 aromatic rings. The Balaban J connectivity index is 2.73. The first-order valence-electron chi connectivity index (χ1n) is 4.41. The molecule has 0 aromatic carbocycles. The third-order valence-corrected chi connectivity index (χ3v) is 1.92. The van der Waals surface area contributed by atoms with E-state index < -0.39 is 0 Å². The van der Waals surface area contributed by atoms with Crippen LogP contribution in [0.1, 0.15) is 5.56 Å². The van der Waals surface area contributed by atoms with Gasteiger partial charge in [-0.15, -0.1) is 0 Å². The van der Waals surface area contributed by atoms with Crippen LogP contribution in [0.15, 0.2) is 6.33 Å². The number of amides is 1. The van der Waals surface area contributed by atoms with Crippen LogP contribution in [-0.2, 0) is 4.79 Å². The van der Waals surface area contributed by atoms with Gasteiger partial charge in [0.15, 0.2) is 0 Å². The molecule has 0 spiro atoms. The largest absolute Gasteiger partial charge is 0.361 e. The smallest absolute Gasteiger partial charge is 0.239 e. The number of nitrogens with zero attached hydrogens (tertiary/aromatic N) is 2. The predicted octanol–water partition coefficient (Wildman–Crippen LogP) is -0.771. The zero-order valence-electron chi connectivity index (χ0n) is 8.66. The molecule has 0 unspecified atom stereocenters. The summed E-state index contributed by atoms with van der Waals surface area (Å²) < 4.78 is 0. The number of carbonyl (C=O) groups is 1. The maximum Gasteiger partial charge on any atom is 0.239 e. The van der Waals surface area contributed by atoms with Crippen molar-refractivity contribution in [2.75, 3.05) is 24.3 Å². The Kier molecular flexibility index (Phi) is 3.81. The summed E-state index contributed by atoms with van der Waals surface area (Å²) in [6.45, 7) is 1.97. The highest BCUT2D eigenvalue weighted by Gasteiger charge is 2.06. The van der Waals surface area contributed by atoms with Crippen molar-refractivity contribution in [3.8, 4) is 0 Å². The van der Waals surface area contributed by atoms with Gasteiger partial charge in [-0.25, -0.2) is 15.8 Å². The van der Waals surface area contributed by atoms with Gasteiger partial charge in [0.2, 0.25) is 5.91 Å². The lowest BCUT2D eigenvalue weighted by molar-refractivity contribution is -0.118. The number of hydrogen-bond donors (Lipinski definition) is 4. The van der Waals surface area contributed by atoms with Crippen LogP contribution in [0.25, 0.3) is 0 Å². The van der Waals surface area contributed by atoms with E-state index in [2.05, 4.69) is 26.0 Å². The minimum Gasteiger partial charge on any atom is -0.361 e. The van der Waals surface area contributed by atoms with E-state index >= 15 is 0 Å². The zero-order valence-corrected chi connectivity index (χ0v) is 8.66. The molecule has 0 saturated carbocycles. The molecule has 0 aliphatic heterocycles. The van der Waals surface area contributed by atoms with E-state index in [1.165, 1.54) is 6.33 Å². The lowest BCUT2D eigenvalue weighted by Crippen LogP contribution is -2.26. The van der Waals surface area contributed by atoms with Gasteiger partial charge >= 0.3 is 0 Å². The van der Waals surface area contributed by atoms with Gasteiger partial charge in [0.1, 0.15) is 18.0 Å². The fourth-order valence-corrected chi connectivity index (χ4v) is 1.03. The minimum atomic E-state index is -0.115. The average molecular weight is 210 g/mol. The van der Waals surface area contributed by atoms with Gasteiger partial charge in [-0.3, -0.25) is 4.79 Å². The first kappa shape index (κ1) is 11.2. The molecule has 7 heteroatoms. The number of anilines is 2. The van der Waals surface area contributed by atoms with E-state index in [4.69, 9.17) is 5.84 Å². The molecule has 5 N–H and O–H groups in total. The number of nitrogen functional groups attached to an aromatic ring is 1. The van der Waals surface area contributed by atoms with Crippen molar-refractivity contribution in [2.24, 2.45) is 5.84 Å². The second-order valence-electron chi connectivity index (χ2n) is 2.87. The molecule has 1 aromatic heterocycles. The standard InChI is InChI=1S/C8H14N6O/c1-5-7(11-3-6(15)10-2)12-4-13-8(5)14-9/h4H,3,9H2,1-2H3,(H,10,15)(H2,11,12,13,14). The van der Waals surface area contributed by atoms with E-state index in [0.717, 1.165) is 5.56 Å². The van der Waals surface area contributed by atoms with E-state index in [0.29, 0.717) is 11.6 Å². The summed E-state index contributed by atoms with van der Waals surface area (Å²) >= 11 is 0. The Bertz CT molecular complexity index is 353. The first-order chi connectivity index (χ1) is 7.19. The molecule has 0 aliphatic carbocycles. The molecule has 0 radical (unpaired) electrons. The molecule has 0 atom stereocenters. The van der Waals surface area contributed by atoms with Gasteiger partial charge in [0.25, 0.3) is 0 Å². The van der Waals surface area contributed by atoms with E-state index in [1.54, 1.807) is 14.0 Å². The van der Waals surface area contributed by atoms with Crippen LogP contribution in [0.5, 0.6) is 0 Å². The lowest BCUT2D eigenvalue weighted by Gasteiger charge is -2.09. The SMILES string of the molecule is CNC(=O)CNc1ncnc(NN)c1C. The summed E-state index contributed by atoms with van der Waals surface area (Å²) in [7, 11) is 1.57. The van der Waals surface area contributed by atoms with Crippen LogP contribution in [0, 0.1) is 6.92 Å². The Hall–Kier alpha value is -1.89. The number of rotatable bonds is 4. The monoisotopic (exact) mass is 210 g/mol. The van der Waals surface area contributed by atoms with Crippen molar-refractivity contribution in [2.45, 2.75) is 6.92 Å². The molecule has 82 valence electrons. The van der Waals surface area contributed by atoms with E-state index in [1.807, 2.05) is 0 Å². The maximum absolute atomic E-state index is 11.0. The quantitative estimate of drug-likeness (QED) is 0.384. The normalized spacial score (nSPS) is 9.53. The van der Waals surface area contributed by atoms with Crippen LogP contribution in [0.2, 0.25) is 0 Å². The number of carbonyl (C=O) groups excluding carboxylic acids is 1. The molecular formula is C8H14N6O. The summed E-state index contributed by atoms with van der Waals surface area (Å²) in [6.07, 6.45) is 1.37. The molecule has 1 rings (SSSR count). The Labute approximate surface area is 87.5 Å². The zero-order chi connectivity index (χ0) is 11.3. The van der Waals surface area contributed by atoms with Gasteiger partial charge in [0, 0.05) is 12.6 Å². The fourth-order valence-electron chi connectivity index (χ4n) is 1.03. The van der Waals surface area contributed by atoms with Gasteiger partial charge in [0.05, 0.1) is 6.54 Å². The molecule has 0 saturated heterocycles. The number of likely N-dealkylation sites (N-methyl/N-ethyl adjacent to an activating group) is 1. The number of nitrogens with one attached hydrogen (secondary N) is 3. The van der Waals surface area contributed by atoms with Gasteiger partial charge in [-0.2, -0.15) is 0 Å². The summed E-state index contributed by atoms with van der Waals surface area (Å²) in [6, 6.07) is 0. The second-order valence-corrected chi connectivity index (χ2v) is 2.87. The second kappa shape index (κ2) is 5.11. The van der Waals surface area contributed by atoms with Crippen LogP contribution in [0.3, 0.4) is 0 Å². The molecular weight excluding hydrogens is 196 g/mol. The predicted molar refractivity (Wildman–Crippen MR) is 57.1 cm³/mol. The highest BCUT2D eigenvalue weighted by molar-refractivity contribution is 5.80. The third-order valence-electron chi connectivity index (χ3n) is 1.92. The van der Waals surface area contributed by atoms with Crippen molar-refractivity contribution in [3.05, 3.63) is 11.9 Å². The topological polar surface area (TPSA) is 105 Å². The van der Waals surface area contributed by atoms with Crippen molar-refractivity contribution in [1.29, 1.82) is 0 Å². The molecule has 0 aliphatic rings. The maximum atomic E-state index is 11.0. The Morgan fingerprint density at radius 3 is 2.73 bits per heavy atom. The third kappa shape index (κ3) is 2.78. The summed E-state index contributed by atoms with van der Waals surface area (Å²) in [5.74, 6) is 6.26. The minimum absolute atomic E-state index is 0.115. The highest BCUT2D eigenvalue weighted by Crippen LogP contribution is 2.16. The molecule has 0 fully saturated rings. The fraction of sp³-hybridized carbons (Fsp3) is 0.375. The van der Waals surface area contributed by atoms with Crippen LogP contribution >= 0.6 is 0 Å². The average Bonchev–Trinajstić information content (AvgIpc) is 2.27. The van der Waals surface area contributed by atoms with Crippen molar-refractivity contribution in [1.82, 2.24) is 15.3 Å². The van der Waals surface area contributed by atoms with Crippen molar-refractivity contribution < 1.29 is 4.79 Å². The van der Waals surface area contributed by atoms with Gasteiger partial charge in [-0.1, -0.05) is 0 Å². The molecule has 15 heavy (non-hydrogen) atoms. The number of hydrazine groups is 1. The molecule has 7 nitrogen and oxygen atoms in total.